The molecule has 24 heavy (non-hydrogen) atoms. The second-order valence-corrected chi connectivity index (χ2v) is 5.57. The molecule has 2 aliphatic heterocycles. The van der Waals surface area contributed by atoms with Crippen molar-refractivity contribution in [1.82, 2.24) is 0 Å². The maximum absolute atomic E-state index is 9.91. The number of hydrogen-bond donors (Lipinski definition) is 6. The van der Waals surface area contributed by atoms with E-state index < -0.39 is 61.9 Å². The number of nitriles is 1. The molecule has 2 heterocycles. The van der Waals surface area contributed by atoms with E-state index in [9.17, 15) is 30.6 Å². The van der Waals surface area contributed by atoms with Crippen LogP contribution < -0.4 is 0 Å². The first-order chi connectivity index (χ1) is 11.4. The zero-order chi connectivity index (χ0) is 17.9. The average molecular weight is 351 g/mol. The Hall–Kier alpha value is -0.910. The first kappa shape index (κ1) is 19.4. The Balaban J connectivity index is 1.92. The lowest BCUT2D eigenvalue weighted by Crippen LogP contribution is -2.60. The zero-order valence-corrected chi connectivity index (χ0v) is 12.6. The Morgan fingerprint density at radius 3 is 2.21 bits per heavy atom. The molecule has 11 nitrogen and oxygen atoms in total. The van der Waals surface area contributed by atoms with Gasteiger partial charge in [0.1, 0.15) is 49.3 Å². The molecule has 6 N–H and O–H groups in total. The fourth-order valence-corrected chi connectivity index (χ4v) is 2.43. The third-order valence-corrected chi connectivity index (χ3v) is 3.86. The van der Waals surface area contributed by atoms with Crippen molar-refractivity contribution in [2.24, 2.45) is 0 Å². The van der Waals surface area contributed by atoms with Crippen LogP contribution in [0.4, 0.5) is 0 Å². The zero-order valence-electron chi connectivity index (χ0n) is 12.6. The second-order valence-electron chi connectivity index (χ2n) is 5.57. The molecule has 0 aromatic rings. The predicted molar refractivity (Wildman–Crippen MR) is 72.0 cm³/mol. The Morgan fingerprint density at radius 2 is 1.54 bits per heavy atom. The van der Waals surface area contributed by atoms with E-state index in [1.54, 1.807) is 6.07 Å². The quantitative estimate of drug-likeness (QED) is 0.282. The average Bonchev–Trinajstić information content (AvgIpc) is 2.57. The number of ether oxygens (including phenoxy) is 4. The summed E-state index contributed by atoms with van der Waals surface area (Å²) in [7, 11) is 0. The standard InChI is InChI=1S/C13H21NO10/c14-1-2-21-13-11(20)9(18)8(17)6(24-13)4-23-12-10(19)7(16)5(15)3-22-12/h5-13,15-20H,2-4H2/t5-,6-,7+,8-,9+,10-,11-,12+,13-/m1/s1. The molecule has 2 aliphatic rings. The van der Waals surface area contributed by atoms with Crippen LogP contribution in [0.5, 0.6) is 0 Å². The summed E-state index contributed by atoms with van der Waals surface area (Å²) < 4.78 is 20.4. The first-order valence-corrected chi connectivity index (χ1v) is 7.32. The van der Waals surface area contributed by atoms with Crippen LogP contribution in [0.3, 0.4) is 0 Å². The lowest BCUT2D eigenvalue weighted by atomic mass is 9.99. The smallest absolute Gasteiger partial charge is 0.187 e. The Kier molecular flexibility index (Phi) is 6.84. The first-order valence-electron chi connectivity index (χ1n) is 7.32. The largest absolute Gasteiger partial charge is 0.388 e. The molecule has 0 spiro atoms. The highest BCUT2D eigenvalue weighted by atomic mass is 16.7. The van der Waals surface area contributed by atoms with Gasteiger partial charge in [-0.3, -0.25) is 0 Å². The molecule has 2 rings (SSSR count). The van der Waals surface area contributed by atoms with E-state index in [0.717, 1.165) is 0 Å². The van der Waals surface area contributed by atoms with Crippen LogP contribution in [-0.4, -0.2) is 106 Å². The molecule has 0 saturated carbocycles. The molecule has 2 fully saturated rings. The summed E-state index contributed by atoms with van der Waals surface area (Å²) in [5, 5.41) is 66.6. The third-order valence-electron chi connectivity index (χ3n) is 3.86. The van der Waals surface area contributed by atoms with E-state index in [0.29, 0.717) is 0 Å². The van der Waals surface area contributed by atoms with Gasteiger partial charge < -0.3 is 49.6 Å². The van der Waals surface area contributed by atoms with E-state index in [1.165, 1.54) is 0 Å². The summed E-state index contributed by atoms with van der Waals surface area (Å²) in [6.45, 7) is -1.03. The van der Waals surface area contributed by atoms with Crippen molar-refractivity contribution >= 4 is 0 Å². The van der Waals surface area contributed by atoms with Crippen molar-refractivity contribution in [2.45, 2.75) is 55.3 Å². The topological polar surface area (TPSA) is 182 Å². The summed E-state index contributed by atoms with van der Waals surface area (Å²) in [6, 6.07) is 1.68. The van der Waals surface area contributed by atoms with Gasteiger partial charge in [-0.25, -0.2) is 0 Å². The van der Waals surface area contributed by atoms with Gasteiger partial charge in [-0.05, 0) is 0 Å². The fraction of sp³-hybridized carbons (Fsp3) is 0.923. The molecule has 2 saturated heterocycles. The number of hydrogen-bond acceptors (Lipinski definition) is 11. The van der Waals surface area contributed by atoms with Crippen LogP contribution in [0.15, 0.2) is 0 Å². The summed E-state index contributed by atoms with van der Waals surface area (Å²) in [5.41, 5.74) is 0. The molecule has 0 amide bonds. The van der Waals surface area contributed by atoms with Gasteiger partial charge in [0.2, 0.25) is 0 Å². The van der Waals surface area contributed by atoms with Crippen LogP contribution in [0.1, 0.15) is 0 Å². The van der Waals surface area contributed by atoms with Gasteiger partial charge in [0.15, 0.2) is 12.6 Å². The minimum atomic E-state index is -1.60. The molecular formula is C13H21NO10. The highest BCUT2D eigenvalue weighted by Gasteiger charge is 2.45. The van der Waals surface area contributed by atoms with Gasteiger partial charge in [0.05, 0.1) is 19.3 Å². The number of nitrogens with zero attached hydrogens (tertiary/aromatic N) is 1. The second kappa shape index (κ2) is 8.45. The highest BCUT2D eigenvalue weighted by molar-refractivity contribution is 4.90. The number of aliphatic hydroxyl groups excluding tert-OH is 6. The van der Waals surface area contributed by atoms with Gasteiger partial charge in [-0.1, -0.05) is 0 Å². The Labute approximate surface area is 137 Å². The normalized spacial score (nSPS) is 46.5. The maximum Gasteiger partial charge on any atom is 0.187 e. The molecule has 0 aromatic carbocycles. The van der Waals surface area contributed by atoms with Crippen molar-refractivity contribution in [3.05, 3.63) is 0 Å². The molecule has 11 heteroatoms. The van der Waals surface area contributed by atoms with Crippen LogP contribution in [-0.2, 0) is 18.9 Å². The fourth-order valence-electron chi connectivity index (χ4n) is 2.43. The van der Waals surface area contributed by atoms with Crippen molar-refractivity contribution in [3.63, 3.8) is 0 Å². The minimum absolute atomic E-state index is 0.258. The number of aliphatic hydroxyl groups is 6. The van der Waals surface area contributed by atoms with E-state index in [1.807, 2.05) is 0 Å². The van der Waals surface area contributed by atoms with Crippen LogP contribution in [0, 0.1) is 11.3 Å². The van der Waals surface area contributed by atoms with Crippen LogP contribution >= 0.6 is 0 Å². The molecule has 0 radical (unpaired) electrons. The SMILES string of the molecule is N#CCO[C@@H]1O[C@H](CO[C@@H]2OC[C@@H](O)[C@H](O)[C@H]2O)[C@@H](O)[C@H](O)[C@H]1O. The Morgan fingerprint density at radius 1 is 0.875 bits per heavy atom. The lowest BCUT2D eigenvalue weighted by molar-refractivity contribution is -0.319. The van der Waals surface area contributed by atoms with Gasteiger partial charge in [-0.2, -0.15) is 5.26 Å². The van der Waals surface area contributed by atoms with Crippen LogP contribution in [0.25, 0.3) is 0 Å². The highest BCUT2D eigenvalue weighted by Crippen LogP contribution is 2.24. The molecule has 0 bridgehead atoms. The molecule has 138 valence electrons. The minimum Gasteiger partial charge on any atom is -0.388 e. The van der Waals surface area contributed by atoms with E-state index in [-0.39, 0.29) is 13.2 Å². The van der Waals surface area contributed by atoms with E-state index in [4.69, 9.17) is 24.2 Å². The molecule has 0 aromatic heterocycles. The van der Waals surface area contributed by atoms with Gasteiger partial charge in [0, 0.05) is 0 Å². The third kappa shape index (κ3) is 4.19. The van der Waals surface area contributed by atoms with E-state index >= 15 is 0 Å². The summed E-state index contributed by atoms with van der Waals surface area (Å²) in [5.74, 6) is 0. The molecule has 9 atom stereocenters. The van der Waals surface area contributed by atoms with Crippen molar-refractivity contribution in [2.75, 3.05) is 19.8 Å². The Bertz CT molecular complexity index is 445. The van der Waals surface area contributed by atoms with Crippen LogP contribution in [0.2, 0.25) is 0 Å². The predicted octanol–water partition coefficient (Wildman–Crippen LogP) is -4.21. The summed E-state index contributed by atoms with van der Waals surface area (Å²) in [4.78, 5) is 0. The lowest BCUT2D eigenvalue weighted by Gasteiger charge is -2.41. The van der Waals surface area contributed by atoms with E-state index in [2.05, 4.69) is 0 Å². The monoisotopic (exact) mass is 351 g/mol. The summed E-state index contributed by atoms with van der Waals surface area (Å²) in [6.07, 6.45) is -12.7. The van der Waals surface area contributed by atoms with Gasteiger partial charge >= 0.3 is 0 Å². The van der Waals surface area contributed by atoms with Crippen molar-refractivity contribution in [1.29, 1.82) is 5.26 Å². The molecule has 0 unspecified atom stereocenters. The number of rotatable bonds is 5. The van der Waals surface area contributed by atoms with Gasteiger partial charge in [-0.15, -0.1) is 0 Å². The van der Waals surface area contributed by atoms with Crippen molar-refractivity contribution in [3.8, 4) is 6.07 Å². The molecular weight excluding hydrogens is 330 g/mol. The molecule has 0 aliphatic carbocycles. The summed E-state index contributed by atoms with van der Waals surface area (Å²) >= 11 is 0. The van der Waals surface area contributed by atoms with Crippen molar-refractivity contribution < 1.29 is 49.6 Å². The van der Waals surface area contributed by atoms with Gasteiger partial charge in [0.25, 0.3) is 0 Å². The maximum atomic E-state index is 9.91.